The number of carbonyl (C=O) groups is 1. The third kappa shape index (κ3) is 4.09. The molecule has 0 spiro atoms. The number of hydrogen-bond acceptors (Lipinski definition) is 7. The lowest BCUT2D eigenvalue weighted by Crippen LogP contribution is -2.16. The van der Waals surface area contributed by atoms with Crippen LogP contribution in [0.4, 0.5) is 10.2 Å². The van der Waals surface area contributed by atoms with Gasteiger partial charge in [0.2, 0.25) is 0 Å². The van der Waals surface area contributed by atoms with Gasteiger partial charge in [-0.3, -0.25) is 9.36 Å². The maximum absolute atomic E-state index is 14.0. The summed E-state index contributed by atoms with van der Waals surface area (Å²) >= 11 is 0. The van der Waals surface area contributed by atoms with Crippen molar-refractivity contribution >= 4 is 23.3 Å². The summed E-state index contributed by atoms with van der Waals surface area (Å²) in [6.07, 6.45) is 1.40. The van der Waals surface area contributed by atoms with Gasteiger partial charge in [0.15, 0.2) is 17.7 Å². The molecule has 1 saturated heterocycles. The van der Waals surface area contributed by atoms with E-state index in [4.69, 9.17) is 9.84 Å². The molecular weight excluding hydrogens is 353 g/mol. The maximum atomic E-state index is 14.0. The minimum atomic E-state index is -1.19. The molecule has 3 heterocycles. The third-order valence-corrected chi connectivity index (χ3v) is 4.14. The van der Waals surface area contributed by atoms with Gasteiger partial charge in [0, 0.05) is 19.0 Å². The van der Waals surface area contributed by atoms with Crippen molar-refractivity contribution in [3.8, 4) is 0 Å². The zero-order valence-corrected chi connectivity index (χ0v) is 14.7. The number of aliphatic hydroxyl groups excluding tert-OH is 1. The largest absolute Gasteiger partial charge is 0.394 e. The number of imidazole rings is 1. The van der Waals surface area contributed by atoms with Crippen molar-refractivity contribution in [2.24, 2.45) is 0 Å². The van der Waals surface area contributed by atoms with Crippen molar-refractivity contribution in [3.05, 3.63) is 48.5 Å². The molecule has 8 nitrogen and oxygen atoms in total. The molecule has 27 heavy (non-hydrogen) atoms. The highest BCUT2D eigenvalue weighted by Crippen LogP contribution is 2.33. The van der Waals surface area contributed by atoms with Crippen LogP contribution in [-0.4, -0.2) is 56.8 Å². The first-order chi connectivity index (χ1) is 13.2. The SMILES string of the molecule is CNc1ncnc2c1ncn2C1OC(CO)CC1F.O=Cc1ccccc1. The molecule has 1 fully saturated rings. The molecule has 2 aromatic heterocycles. The summed E-state index contributed by atoms with van der Waals surface area (Å²) in [6, 6.07) is 9.10. The van der Waals surface area contributed by atoms with Gasteiger partial charge in [0.05, 0.1) is 19.0 Å². The van der Waals surface area contributed by atoms with Gasteiger partial charge in [0.25, 0.3) is 0 Å². The third-order valence-electron chi connectivity index (χ3n) is 4.14. The molecule has 0 aliphatic carbocycles. The zero-order chi connectivity index (χ0) is 19.2. The molecule has 4 rings (SSSR count). The average Bonchev–Trinajstić information content (AvgIpc) is 3.31. The summed E-state index contributed by atoms with van der Waals surface area (Å²) < 4.78 is 21.0. The molecule has 3 atom stereocenters. The van der Waals surface area contributed by atoms with Gasteiger partial charge in [-0.15, -0.1) is 0 Å². The molecule has 2 N–H and O–H groups in total. The van der Waals surface area contributed by atoms with Crippen LogP contribution in [0.15, 0.2) is 43.0 Å². The van der Waals surface area contributed by atoms with Crippen LogP contribution < -0.4 is 5.32 Å². The topological polar surface area (TPSA) is 102 Å². The summed E-state index contributed by atoms with van der Waals surface area (Å²) in [6.45, 7) is -0.194. The van der Waals surface area contributed by atoms with Crippen molar-refractivity contribution in [1.82, 2.24) is 19.5 Å². The van der Waals surface area contributed by atoms with Gasteiger partial charge in [-0.2, -0.15) is 0 Å². The van der Waals surface area contributed by atoms with Crippen LogP contribution >= 0.6 is 0 Å². The summed E-state index contributed by atoms with van der Waals surface area (Å²) in [5.41, 5.74) is 1.80. The van der Waals surface area contributed by atoms with E-state index in [1.54, 1.807) is 19.2 Å². The van der Waals surface area contributed by atoms with Crippen LogP contribution in [0.25, 0.3) is 11.2 Å². The number of halogens is 1. The number of anilines is 1. The Morgan fingerprint density at radius 3 is 2.70 bits per heavy atom. The summed E-state index contributed by atoms with van der Waals surface area (Å²) in [5, 5.41) is 11.9. The standard InChI is InChI=1S/C11H14FN5O2.C7H6O/c1-13-9-8-10(15-4-14-9)17(5-16-8)11-7(12)2-6(3-18)19-11;8-6-7-4-2-1-3-5-7/h4-7,11,18H,2-3H2,1H3,(H,13,14,15);1-6H. The second kappa shape index (κ2) is 8.65. The molecule has 1 aliphatic heterocycles. The monoisotopic (exact) mass is 373 g/mol. The normalized spacial score (nSPS) is 21.5. The second-order valence-corrected chi connectivity index (χ2v) is 5.91. The molecule has 0 radical (unpaired) electrons. The number of carbonyl (C=O) groups excluding carboxylic acids is 1. The van der Waals surface area contributed by atoms with Crippen LogP contribution in [0, 0.1) is 0 Å². The van der Waals surface area contributed by atoms with E-state index >= 15 is 0 Å². The zero-order valence-electron chi connectivity index (χ0n) is 14.7. The molecule has 1 aromatic carbocycles. The lowest BCUT2D eigenvalue weighted by atomic mass is 10.2. The molecule has 0 bridgehead atoms. The van der Waals surface area contributed by atoms with E-state index in [1.807, 2.05) is 18.2 Å². The number of alkyl halides is 1. The fraction of sp³-hybridized carbons (Fsp3) is 0.333. The van der Waals surface area contributed by atoms with Gasteiger partial charge < -0.3 is 15.2 Å². The first kappa shape index (κ1) is 18.9. The Balaban J connectivity index is 0.000000221. The Labute approximate surface area is 155 Å². The Morgan fingerprint density at radius 2 is 2.11 bits per heavy atom. The number of aldehydes is 1. The fourth-order valence-corrected chi connectivity index (χ4v) is 2.82. The molecule has 0 saturated carbocycles. The predicted molar refractivity (Wildman–Crippen MR) is 97.2 cm³/mol. The van der Waals surface area contributed by atoms with E-state index in [9.17, 15) is 9.18 Å². The van der Waals surface area contributed by atoms with Crippen LogP contribution in [0.3, 0.4) is 0 Å². The van der Waals surface area contributed by atoms with Crippen molar-refractivity contribution in [3.63, 3.8) is 0 Å². The molecule has 1 aliphatic rings. The highest BCUT2D eigenvalue weighted by Gasteiger charge is 2.37. The van der Waals surface area contributed by atoms with E-state index in [1.165, 1.54) is 17.2 Å². The number of nitrogens with one attached hydrogen (secondary N) is 1. The van der Waals surface area contributed by atoms with Gasteiger partial charge >= 0.3 is 0 Å². The first-order valence-corrected chi connectivity index (χ1v) is 8.43. The molecule has 0 amide bonds. The molecule has 3 aromatic rings. The molecule has 142 valence electrons. The average molecular weight is 373 g/mol. The number of fused-ring (bicyclic) bond motifs is 1. The van der Waals surface area contributed by atoms with E-state index in [-0.39, 0.29) is 13.0 Å². The smallest absolute Gasteiger partial charge is 0.168 e. The van der Waals surface area contributed by atoms with Crippen LogP contribution in [0.2, 0.25) is 0 Å². The molecule has 9 heteroatoms. The number of aromatic nitrogens is 4. The van der Waals surface area contributed by atoms with E-state index < -0.39 is 18.5 Å². The Hall–Kier alpha value is -2.91. The number of aliphatic hydroxyl groups is 1. The van der Waals surface area contributed by atoms with Crippen LogP contribution in [-0.2, 0) is 4.74 Å². The minimum Gasteiger partial charge on any atom is -0.394 e. The quantitative estimate of drug-likeness (QED) is 0.674. The number of hydrogen-bond donors (Lipinski definition) is 2. The lowest BCUT2D eigenvalue weighted by molar-refractivity contribution is -0.0351. The van der Waals surface area contributed by atoms with Gasteiger partial charge in [-0.1, -0.05) is 30.3 Å². The molecular formula is C18H20FN5O3. The predicted octanol–water partition coefficient (Wildman–Crippen LogP) is 1.98. The fourth-order valence-electron chi connectivity index (χ4n) is 2.82. The summed E-state index contributed by atoms with van der Waals surface area (Å²) in [4.78, 5) is 22.4. The summed E-state index contributed by atoms with van der Waals surface area (Å²) in [7, 11) is 1.73. The van der Waals surface area contributed by atoms with E-state index in [0.717, 1.165) is 11.8 Å². The molecule has 3 unspecified atom stereocenters. The van der Waals surface area contributed by atoms with Crippen LogP contribution in [0.5, 0.6) is 0 Å². The number of rotatable bonds is 4. The Kier molecular flexibility index (Phi) is 6.05. The number of nitrogens with zero attached hydrogens (tertiary/aromatic N) is 4. The van der Waals surface area contributed by atoms with Crippen molar-refractivity contribution in [2.45, 2.75) is 24.9 Å². The highest BCUT2D eigenvalue weighted by atomic mass is 19.1. The first-order valence-electron chi connectivity index (χ1n) is 8.43. The second-order valence-electron chi connectivity index (χ2n) is 5.91. The number of ether oxygens (including phenoxy) is 1. The number of benzene rings is 1. The maximum Gasteiger partial charge on any atom is 0.168 e. The van der Waals surface area contributed by atoms with Gasteiger partial charge in [0.1, 0.15) is 24.3 Å². The van der Waals surface area contributed by atoms with Crippen LogP contribution in [0.1, 0.15) is 23.0 Å². The Bertz CT molecular complexity index is 889. The van der Waals surface area contributed by atoms with E-state index in [2.05, 4.69) is 20.3 Å². The van der Waals surface area contributed by atoms with E-state index in [0.29, 0.717) is 17.0 Å². The Morgan fingerprint density at radius 1 is 1.33 bits per heavy atom. The summed E-state index contributed by atoms with van der Waals surface area (Å²) in [5.74, 6) is 0.580. The van der Waals surface area contributed by atoms with Gasteiger partial charge in [-0.25, -0.2) is 19.3 Å². The van der Waals surface area contributed by atoms with Crippen molar-refractivity contribution in [2.75, 3.05) is 19.0 Å². The minimum absolute atomic E-state index is 0.171. The lowest BCUT2D eigenvalue weighted by Gasteiger charge is -2.15. The van der Waals surface area contributed by atoms with Crippen molar-refractivity contribution in [1.29, 1.82) is 0 Å². The van der Waals surface area contributed by atoms with Gasteiger partial charge in [-0.05, 0) is 0 Å². The highest BCUT2D eigenvalue weighted by molar-refractivity contribution is 5.82. The van der Waals surface area contributed by atoms with Crippen molar-refractivity contribution < 1.29 is 19.0 Å².